The fourth-order valence-electron chi connectivity index (χ4n) is 1.38. The minimum Gasteiger partial charge on any atom is -0.356 e. The number of aromatic nitrogens is 1. The van der Waals surface area contributed by atoms with Crippen molar-refractivity contribution in [1.29, 1.82) is 0 Å². The number of fused-ring (bicyclic) bond motifs is 1. The third kappa shape index (κ3) is 1.42. The Kier molecular flexibility index (Phi) is 2.00. The van der Waals surface area contributed by atoms with Crippen LogP contribution in [-0.4, -0.2) is 4.98 Å². The minimum absolute atomic E-state index is 0.206. The zero-order valence-electron chi connectivity index (χ0n) is 6.90. The van der Waals surface area contributed by atoms with Crippen LogP contribution in [0.3, 0.4) is 0 Å². The SMILES string of the molecule is Cc1cc2cc(Br)cc(OF)c2[nH]1. The maximum Gasteiger partial charge on any atom is 0.196 e. The van der Waals surface area contributed by atoms with Crippen LogP contribution in [0.5, 0.6) is 5.75 Å². The number of nitrogens with one attached hydrogen (secondary N) is 1. The molecule has 0 radical (unpaired) electrons. The van der Waals surface area contributed by atoms with Gasteiger partial charge < -0.3 is 4.98 Å². The highest BCUT2D eigenvalue weighted by Crippen LogP contribution is 2.30. The van der Waals surface area contributed by atoms with E-state index in [4.69, 9.17) is 0 Å². The number of hydrogen-bond acceptors (Lipinski definition) is 1. The minimum atomic E-state index is 0.206. The number of H-pyrrole nitrogens is 1. The largest absolute Gasteiger partial charge is 0.356 e. The Morgan fingerprint density at radius 1 is 1.38 bits per heavy atom. The van der Waals surface area contributed by atoms with Crippen LogP contribution >= 0.6 is 15.9 Å². The lowest BCUT2D eigenvalue weighted by Crippen LogP contribution is -1.79. The number of rotatable bonds is 1. The highest BCUT2D eigenvalue weighted by molar-refractivity contribution is 9.10. The molecule has 1 aromatic heterocycles. The fraction of sp³-hybridized carbons (Fsp3) is 0.111. The zero-order chi connectivity index (χ0) is 9.42. The van der Waals surface area contributed by atoms with Crippen LogP contribution in [0.1, 0.15) is 5.69 Å². The molecule has 0 fully saturated rings. The number of halogens is 2. The van der Waals surface area contributed by atoms with Gasteiger partial charge in [0, 0.05) is 26.1 Å². The van der Waals surface area contributed by atoms with Gasteiger partial charge in [-0.05, 0) is 19.1 Å². The smallest absolute Gasteiger partial charge is 0.196 e. The molecule has 0 atom stereocenters. The molecule has 0 saturated heterocycles. The van der Waals surface area contributed by atoms with Crippen molar-refractivity contribution in [3.05, 3.63) is 28.4 Å². The van der Waals surface area contributed by atoms with Gasteiger partial charge in [0.2, 0.25) is 0 Å². The summed E-state index contributed by atoms with van der Waals surface area (Å²) in [5.74, 6) is 0.206. The molecular weight excluding hydrogens is 237 g/mol. The van der Waals surface area contributed by atoms with Crippen molar-refractivity contribution in [3.63, 3.8) is 0 Å². The van der Waals surface area contributed by atoms with Crippen molar-refractivity contribution >= 4 is 26.8 Å². The fourth-order valence-corrected chi connectivity index (χ4v) is 1.83. The van der Waals surface area contributed by atoms with Gasteiger partial charge in [-0.15, -0.1) is 0 Å². The van der Waals surface area contributed by atoms with Crippen LogP contribution in [0.15, 0.2) is 22.7 Å². The highest BCUT2D eigenvalue weighted by atomic mass is 79.9. The molecule has 0 saturated carbocycles. The Labute approximate surface area is 82.7 Å². The molecule has 2 aromatic rings. The molecule has 1 N–H and O–H groups in total. The van der Waals surface area contributed by atoms with Gasteiger partial charge in [0.05, 0.1) is 5.52 Å². The van der Waals surface area contributed by atoms with E-state index in [0.717, 1.165) is 15.6 Å². The first kappa shape index (κ1) is 8.56. The van der Waals surface area contributed by atoms with E-state index >= 15 is 0 Å². The van der Waals surface area contributed by atoms with E-state index in [9.17, 15) is 4.53 Å². The maximum absolute atomic E-state index is 12.1. The monoisotopic (exact) mass is 243 g/mol. The van der Waals surface area contributed by atoms with Gasteiger partial charge in [-0.1, -0.05) is 15.9 Å². The predicted octanol–water partition coefficient (Wildman–Crippen LogP) is 3.50. The topological polar surface area (TPSA) is 25.0 Å². The van der Waals surface area contributed by atoms with Gasteiger partial charge in [-0.2, -0.15) is 0 Å². The van der Waals surface area contributed by atoms with Crippen molar-refractivity contribution in [1.82, 2.24) is 4.98 Å². The second-order valence-electron chi connectivity index (χ2n) is 2.90. The van der Waals surface area contributed by atoms with E-state index in [-0.39, 0.29) is 5.75 Å². The van der Waals surface area contributed by atoms with Crippen molar-refractivity contribution in [3.8, 4) is 5.75 Å². The summed E-state index contributed by atoms with van der Waals surface area (Å²) in [6, 6.07) is 5.42. The van der Waals surface area contributed by atoms with Crippen LogP contribution in [0.25, 0.3) is 10.9 Å². The van der Waals surface area contributed by atoms with Gasteiger partial charge in [0.15, 0.2) is 5.75 Å². The lowest BCUT2D eigenvalue weighted by atomic mass is 10.2. The lowest BCUT2D eigenvalue weighted by Gasteiger charge is -1.97. The normalized spacial score (nSPS) is 10.7. The summed E-state index contributed by atoms with van der Waals surface area (Å²) in [6.07, 6.45) is 0. The van der Waals surface area contributed by atoms with E-state index in [1.54, 1.807) is 6.07 Å². The van der Waals surface area contributed by atoms with Crippen molar-refractivity contribution in [2.45, 2.75) is 6.92 Å². The first-order valence-electron chi connectivity index (χ1n) is 3.78. The lowest BCUT2D eigenvalue weighted by molar-refractivity contribution is -0.00451. The summed E-state index contributed by atoms with van der Waals surface area (Å²) in [4.78, 5) is 6.78. The summed E-state index contributed by atoms with van der Waals surface area (Å²) in [5, 5.41) is 0.930. The summed E-state index contributed by atoms with van der Waals surface area (Å²) >= 11 is 3.27. The first-order valence-corrected chi connectivity index (χ1v) is 4.57. The molecule has 0 aliphatic carbocycles. The predicted molar refractivity (Wildman–Crippen MR) is 52.5 cm³/mol. The van der Waals surface area contributed by atoms with Crippen molar-refractivity contribution < 1.29 is 9.47 Å². The van der Waals surface area contributed by atoms with Crippen LogP contribution in [0.2, 0.25) is 0 Å². The summed E-state index contributed by atoms with van der Waals surface area (Å²) in [5.41, 5.74) is 1.66. The summed E-state index contributed by atoms with van der Waals surface area (Å²) < 4.78 is 12.9. The second kappa shape index (κ2) is 3.03. The Hall–Kier alpha value is -1.03. The molecule has 0 aliphatic heterocycles. The molecule has 2 rings (SSSR count). The van der Waals surface area contributed by atoms with Crippen molar-refractivity contribution in [2.75, 3.05) is 0 Å². The highest BCUT2D eigenvalue weighted by Gasteiger charge is 2.07. The van der Waals surface area contributed by atoms with Gasteiger partial charge in [-0.3, -0.25) is 4.94 Å². The Balaban J connectivity index is 2.80. The van der Waals surface area contributed by atoms with E-state index < -0.39 is 0 Å². The summed E-state index contributed by atoms with van der Waals surface area (Å²) in [6.45, 7) is 1.91. The molecule has 2 nitrogen and oxygen atoms in total. The molecule has 68 valence electrons. The van der Waals surface area contributed by atoms with Gasteiger partial charge >= 0.3 is 0 Å². The quantitative estimate of drug-likeness (QED) is 0.815. The molecule has 0 spiro atoms. The molecule has 0 unspecified atom stereocenters. The number of hydrogen-bond donors (Lipinski definition) is 1. The second-order valence-corrected chi connectivity index (χ2v) is 3.81. The van der Waals surface area contributed by atoms with Gasteiger partial charge in [0.25, 0.3) is 0 Å². The molecule has 0 amide bonds. The maximum atomic E-state index is 12.1. The molecule has 0 bridgehead atoms. The third-order valence-corrected chi connectivity index (χ3v) is 2.33. The summed E-state index contributed by atoms with van der Waals surface area (Å²) in [7, 11) is 0. The van der Waals surface area contributed by atoms with Gasteiger partial charge in [0.1, 0.15) is 0 Å². The van der Waals surface area contributed by atoms with Crippen LogP contribution in [-0.2, 0) is 0 Å². The molecule has 1 heterocycles. The average molecular weight is 244 g/mol. The Morgan fingerprint density at radius 3 is 2.85 bits per heavy atom. The molecular formula is C9H7BrFNO. The van der Waals surface area contributed by atoms with E-state index in [1.165, 1.54) is 0 Å². The zero-order valence-corrected chi connectivity index (χ0v) is 8.48. The van der Waals surface area contributed by atoms with E-state index in [1.807, 2.05) is 19.1 Å². The van der Waals surface area contributed by atoms with Crippen LogP contribution in [0, 0.1) is 6.92 Å². The Morgan fingerprint density at radius 2 is 2.15 bits per heavy atom. The standard InChI is InChI=1S/C9H7BrFNO/c1-5-2-6-3-7(10)4-8(13-11)9(6)12-5/h2-4,12H,1H3. The molecule has 13 heavy (non-hydrogen) atoms. The van der Waals surface area contributed by atoms with Crippen LogP contribution in [0.4, 0.5) is 4.53 Å². The van der Waals surface area contributed by atoms with Crippen molar-refractivity contribution in [2.24, 2.45) is 0 Å². The first-order chi connectivity index (χ1) is 6.20. The van der Waals surface area contributed by atoms with Crippen LogP contribution < -0.4 is 4.94 Å². The van der Waals surface area contributed by atoms with E-state index in [0.29, 0.717) is 5.52 Å². The van der Waals surface area contributed by atoms with E-state index in [2.05, 4.69) is 25.9 Å². The molecule has 1 aromatic carbocycles. The third-order valence-electron chi connectivity index (χ3n) is 1.87. The average Bonchev–Trinajstić information content (AvgIpc) is 2.43. The number of benzene rings is 1. The van der Waals surface area contributed by atoms with Gasteiger partial charge in [-0.25, -0.2) is 0 Å². The number of aryl methyl sites for hydroxylation is 1. The molecule has 4 heteroatoms. The molecule has 0 aliphatic rings. The number of aromatic amines is 1. The Bertz CT molecular complexity index is 452.